The Morgan fingerprint density at radius 1 is 0.864 bits per heavy atom. The Kier molecular flexibility index (Phi) is 3.92. The first kappa shape index (κ1) is 14.0. The molecule has 22 heavy (non-hydrogen) atoms. The van der Waals surface area contributed by atoms with Gasteiger partial charge in [0.25, 0.3) is 0 Å². The molecule has 2 aromatic rings. The van der Waals surface area contributed by atoms with Gasteiger partial charge in [-0.05, 0) is 30.0 Å². The van der Waals surface area contributed by atoms with E-state index < -0.39 is 0 Å². The van der Waals surface area contributed by atoms with Gasteiger partial charge in [-0.2, -0.15) is 0 Å². The maximum absolute atomic E-state index is 8.06. The summed E-state index contributed by atoms with van der Waals surface area (Å²) in [5.41, 5.74) is 5.24. The third kappa shape index (κ3) is 2.72. The zero-order chi connectivity index (χ0) is 15.4. The van der Waals surface area contributed by atoms with Crippen molar-refractivity contribution in [3.63, 3.8) is 0 Å². The first-order valence-corrected chi connectivity index (χ1v) is 7.10. The molecule has 0 unspecified atom stereocenters. The number of benzene rings is 2. The summed E-state index contributed by atoms with van der Waals surface area (Å²) in [6.45, 7) is 3.69. The van der Waals surface area contributed by atoms with E-state index in [4.69, 9.17) is 5.41 Å². The van der Waals surface area contributed by atoms with Gasteiger partial charge in [-0.15, -0.1) is 0 Å². The van der Waals surface area contributed by atoms with Crippen molar-refractivity contribution < 1.29 is 0 Å². The van der Waals surface area contributed by atoms with Gasteiger partial charge in [0.1, 0.15) is 0 Å². The lowest BCUT2D eigenvalue weighted by atomic mass is 9.96. The Hall–Kier alpha value is -3.00. The van der Waals surface area contributed by atoms with E-state index in [9.17, 15) is 0 Å². The maximum atomic E-state index is 8.06. The van der Waals surface area contributed by atoms with Crippen LogP contribution in [0, 0.1) is 5.41 Å². The lowest BCUT2D eigenvalue weighted by Gasteiger charge is -2.11. The molecular formula is C20H16N2. The first-order chi connectivity index (χ1) is 10.8. The number of hydrogen-bond donors (Lipinski definition) is 1. The van der Waals surface area contributed by atoms with Crippen molar-refractivity contribution in [2.45, 2.75) is 0 Å². The van der Waals surface area contributed by atoms with E-state index >= 15 is 0 Å². The Morgan fingerprint density at radius 3 is 2.32 bits per heavy atom. The van der Waals surface area contributed by atoms with E-state index in [1.54, 1.807) is 6.08 Å². The van der Waals surface area contributed by atoms with Gasteiger partial charge in [-0.3, -0.25) is 4.99 Å². The second-order valence-corrected chi connectivity index (χ2v) is 5.00. The van der Waals surface area contributed by atoms with E-state index in [1.165, 1.54) is 0 Å². The minimum Gasteiger partial charge on any atom is -0.300 e. The molecule has 0 fully saturated rings. The normalized spacial score (nSPS) is 15.7. The average Bonchev–Trinajstić information content (AvgIpc) is 2.58. The molecule has 1 aliphatic rings. The average molecular weight is 284 g/mol. The Morgan fingerprint density at radius 2 is 1.59 bits per heavy atom. The second-order valence-electron chi connectivity index (χ2n) is 5.00. The molecule has 106 valence electrons. The third-order valence-electron chi connectivity index (χ3n) is 3.58. The van der Waals surface area contributed by atoms with Crippen molar-refractivity contribution in [1.29, 1.82) is 5.41 Å². The van der Waals surface area contributed by atoms with Crippen molar-refractivity contribution in [2.75, 3.05) is 0 Å². The molecule has 0 amide bonds. The zero-order valence-corrected chi connectivity index (χ0v) is 12.2. The van der Waals surface area contributed by atoms with E-state index in [1.807, 2.05) is 48.6 Å². The van der Waals surface area contributed by atoms with Crippen LogP contribution in [0.25, 0.3) is 16.8 Å². The highest BCUT2D eigenvalue weighted by Crippen LogP contribution is 2.27. The van der Waals surface area contributed by atoms with Crippen LogP contribution in [0.2, 0.25) is 0 Å². The van der Waals surface area contributed by atoms with Crippen molar-refractivity contribution in [2.24, 2.45) is 4.99 Å². The lowest BCUT2D eigenvalue weighted by Crippen LogP contribution is -2.01. The molecule has 3 rings (SSSR count). The summed E-state index contributed by atoms with van der Waals surface area (Å²) in [7, 11) is 0. The van der Waals surface area contributed by atoms with Crippen LogP contribution in [0.1, 0.15) is 5.56 Å². The minimum atomic E-state index is 0.454. The van der Waals surface area contributed by atoms with Crippen molar-refractivity contribution in [3.8, 4) is 11.1 Å². The summed E-state index contributed by atoms with van der Waals surface area (Å²) in [4.78, 5) is 4.17. The molecule has 1 N–H and O–H groups in total. The SMILES string of the molecule is C=N/C(=C1/C=CC=CC1=N)c1cccc(-c2ccccc2)c1. The van der Waals surface area contributed by atoms with Gasteiger partial charge in [0.15, 0.2) is 0 Å². The van der Waals surface area contributed by atoms with Crippen LogP contribution in [0.5, 0.6) is 0 Å². The third-order valence-corrected chi connectivity index (χ3v) is 3.58. The maximum Gasteiger partial charge on any atom is 0.0788 e. The second kappa shape index (κ2) is 6.19. The van der Waals surface area contributed by atoms with Gasteiger partial charge in [-0.1, -0.05) is 66.8 Å². The van der Waals surface area contributed by atoms with Crippen LogP contribution in [-0.4, -0.2) is 12.4 Å². The smallest absolute Gasteiger partial charge is 0.0788 e. The van der Waals surface area contributed by atoms with Crippen molar-refractivity contribution in [1.82, 2.24) is 0 Å². The van der Waals surface area contributed by atoms with Gasteiger partial charge < -0.3 is 5.41 Å². The molecule has 1 aliphatic carbocycles. The van der Waals surface area contributed by atoms with E-state index in [-0.39, 0.29) is 0 Å². The molecule has 0 saturated carbocycles. The molecule has 0 heterocycles. The zero-order valence-electron chi connectivity index (χ0n) is 12.2. The number of allylic oxidation sites excluding steroid dienone is 5. The Labute approximate surface area is 130 Å². The summed E-state index contributed by atoms with van der Waals surface area (Å²) < 4.78 is 0. The molecule has 2 aromatic carbocycles. The largest absolute Gasteiger partial charge is 0.300 e. The highest BCUT2D eigenvalue weighted by Gasteiger charge is 2.11. The number of rotatable bonds is 3. The van der Waals surface area contributed by atoms with Gasteiger partial charge >= 0.3 is 0 Å². The minimum absolute atomic E-state index is 0.454. The molecule has 0 radical (unpaired) electrons. The molecule has 0 atom stereocenters. The molecule has 0 bridgehead atoms. The van der Waals surface area contributed by atoms with Crippen LogP contribution in [0.3, 0.4) is 0 Å². The predicted molar refractivity (Wildman–Crippen MR) is 94.4 cm³/mol. The van der Waals surface area contributed by atoms with Crippen LogP contribution in [0.15, 0.2) is 89.5 Å². The number of nitrogens with zero attached hydrogens (tertiary/aromatic N) is 1. The fourth-order valence-corrected chi connectivity index (χ4v) is 2.50. The quantitative estimate of drug-likeness (QED) is 0.777. The molecular weight excluding hydrogens is 268 g/mol. The van der Waals surface area contributed by atoms with E-state index in [0.717, 1.165) is 28.0 Å². The topological polar surface area (TPSA) is 36.2 Å². The lowest BCUT2D eigenvalue weighted by molar-refractivity contribution is 1.45. The van der Waals surface area contributed by atoms with Crippen LogP contribution in [-0.2, 0) is 0 Å². The van der Waals surface area contributed by atoms with Crippen LogP contribution >= 0.6 is 0 Å². The Bertz CT molecular complexity index is 809. The fourth-order valence-electron chi connectivity index (χ4n) is 2.50. The summed E-state index contributed by atoms with van der Waals surface area (Å²) in [6, 6.07) is 18.4. The predicted octanol–water partition coefficient (Wildman–Crippen LogP) is 4.91. The van der Waals surface area contributed by atoms with Gasteiger partial charge in [-0.25, -0.2) is 0 Å². The number of nitrogens with one attached hydrogen (secondary N) is 1. The number of hydrogen-bond acceptors (Lipinski definition) is 2. The van der Waals surface area contributed by atoms with Crippen molar-refractivity contribution >= 4 is 18.1 Å². The first-order valence-electron chi connectivity index (χ1n) is 7.10. The molecule has 0 aromatic heterocycles. The van der Waals surface area contributed by atoms with E-state index in [0.29, 0.717) is 5.71 Å². The number of aliphatic imine (C=N–C) groups is 1. The molecule has 2 nitrogen and oxygen atoms in total. The Balaban J connectivity index is 2.10. The summed E-state index contributed by atoms with van der Waals surface area (Å²) in [5, 5.41) is 8.06. The molecule has 0 saturated heterocycles. The fraction of sp³-hybridized carbons (Fsp3) is 0. The van der Waals surface area contributed by atoms with Crippen LogP contribution in [0.4, 0.5) is 0 Å². The molecule has 0 aliphatic heterocycles. The van der Waals surface area contributed by atoms with E-state index in [2.05, 4.69) is 36.0 Å². The monoisotopic (exact) mass is 284 g/mol. The van der Waals surface area contributed by atoms with Gasteiger partial charge in [0.2, 0.25) is 0 Å². The molecule has 2 heteroatoms. The van der Waals surface area contributed by atoms with Gasteiger partial charge in [0, 0.05) is 11.1 Å². The standard InChI is InChI=1S/C20H16N2/c1-22-20(18-12-5-6-13-19(18)21)17-11-7-10-16(14-17)15-8-3-2-4-9-15/h2-14,21H,1H2/b20-18-,21-19?. The molecule has 0 spiro atoms. The summed E-state index contributed by atoms with van der Waals surface area (Å²) in [5.74, 6) is 0. The van der Waals surface area contributed by atoms with Crippen LogP contribution < -0.4 is 0 Å². The highest BCUT2D eigenvalue weighted by atomic mass is 14.7. The van der Waals surface area contributed by atoms with Gasteiger partial charge in [0.05, 0.1) is 11.4 Å². The van der Waals surface area contributed by atoms with Crippen molar-refractivity contribution in [3.05, 3.63) is 90.0 Å². The summed E-state index contributed by atoms with van der Waals surface area (Å²) >= 11 is 0. The summed E-state index contributed by atoms with van der Waals surface area (Å²) in [6.07, 6.45) is 7.44. The highest BCUT2D eigenvalue weighted by molar-refractivity contribution is 6.14.